The Hall–Kier alpha value is -1.53. The van der Waals surface area contributed by atoms with Crippen LogP contribution in [0.25, 0.3) is 11.4 Å². The summed E-state index contributed by atoms with van der Waals surface area (Å²) in [4.78, 5) is 6.42. The van der Waals surface area contributed by atoms with E-state index in [-0.39, 0.29) is 0 Å². The lowest BCUT2D eigenvalue weighted by molar-refractivity contribution is 0.253. The third kappa shape index (κ3) is 2.46. The molecule has 1 aliphatic rings. The summed E-state index contributed by atoms with van der Waals surface area (Å²) in [7, 11) is 1.96. The molecule has 1 saturated heterocycles. The zero-order valence-corrected chi connectivity index (χ0v) is 11.8. The first-order chi connectivity index (χ1) is 9.25. The summed E-state index contributed by atoms with van der Waals surface area (Å²) in [6.07, 6.45) is 6.10. The van der Waals surface area contributed by atoms with E-state index in [9.17, 15) is 0 Å². The normalized spacial score (nSPS) is 16.1. The van der Waals surface area contributed by atoms with Gasteiger partial charge in [0.15, 0.2) is 10.6 Å². The molecule has 3 rings (SSSR count). The van der Waals surface area contributed by atoms with Crippen molar-refractivity contribution in [3.8, 4) is 11.4 Å². The second-order valence-electron chi connectivity index (χ2n) is 4.87. The van der Waals surface area contributed by atoms with E-state index in [1.807, 2.05) is 28.4 Å². The number of hydrogen-bond acceptors (Lipinski definition) is 4. The number of likely N-dealkylation sites (tertiary alicyclic amines) is 1. The summed E-state index contributed by atoms with van der Waals surface area (Å²) in [5.41, 5.74) is 1.05. The van der Waals surface area contributed by atoms with E-state index in [1.54, 1.807) is 12.4 Å². The minimum absolute atomic E-state index is 0.763. The topological polar surface area (TPSA) is 38.9 Å². The van der Waals surface area contributed by atoms with E-state index in [0.29, 0.717) is 0 Å². The van der Waals surface area contributed by atoms with Crippen LogP contribution in [-0.4, -0.2) is 37.3 Å². The Balaban J connectivity index is 1.93. The van der Waals surface area contributed by atoms with Crippen LogP contribution in [0.15, 0.2) is 24.5 Å². The van der Waals surface area contributed by atoms with Crippen molar-refractivity contribution in [2.75, 3.05) is 13.1 Å². The van der Waals surface area contributed by atoms with Gasteiger partial charge in [-0.25, -0.2) is 4.68 Å². The summed E-state index contributed by atoms with van der Waals surface area (Å²) >= 11 is 5.47. The summed E-state index contributed by atoms with van der Waals surface area (Å²) in [6, 6.07) is 3.91. The molecule has 2 aromatic rings. The number of hydrogen-bond donors (Lipinski definition) is 0. The van der Waals surface area contributed by atoms with Crippen LogP contribution in [0.5, 0.6) is 0 Å². The third-order valence-electron chi connectivity index (χ3n) is 3.51. The van der Waals surface area contributed by atoms with Crippen molar-refractivity contribution in [3.05, 3.63) is 29.3 Å². The predicted molar refractivity (Wildman–Crippen MR) is 76.1 cm³/mol. The molecular formula is C13H17N5S. The molecule has 0 spiro atoms. The van der Waals surface area contributed by atoms with E-state index in [2.05, 4.69) is 15.0 Å². The Morgan fingerprint density at radius 1 is 1.21 bits per heavy atom. The zero-order valence-electron chi connectivity index (χ0n) is 11.0. The fourth-order valence-corrected chi connectivity index (χ4v) is 2.63. The SMILES string of the molecule is Cn1c(-c2ccncc2)nn(CN2CCCC2)c1=S. The van der Waals surface area contributed by atoms with Crippen LogP contribution in [0.4, 0.5) is 0 Å². The average molecular weight is 275 g/mol. The molecule has 0 atom stereocenters. The standard InChI is InChI=1S/C13H17N5S/c1-16-12(11-4-6-14-7-5-11)15-18(13(16)19)10-17-8-2-3-9-17/h4-7H,2-3,8-10H2,1H3. The summed E-state index contributed by atoms with van der Waals surface area (Å²) in [5.74, 6) is 0.895. The van der Waals surface area contributed by atoms with Crippen LogP contribution in [0.2, 0.25) is 0 Å². The lowest BCUT2D eigenvalue weighted by Gasteiger charge is -2.13. The largest absolute Gasteiger partial charge is 0.303 e. The maximum Gasteiger partial charge on any atom is 0.199 e. The van der Waals surface area contributed by atoms with Crippen molar-refractivity contribution in [1.82, 2.24) is 24.2 Å². The van der Waals surface area contributed by atoms with Crippen molar-refractivity contribution in [1.29, 1.82) is 0 Å². The highest BCUT2D eigenvalue weighted by Gasteiger charge is 2.15. The monoisotopic (exact) mass is 275 g/mol. The van der Waals surface area contributed by atoms with Gasteiger partial charge in [-0.1, -0.05) is 0 Å². The van der Waals surface area contributed by atoms with Gasteiger partial charge >= 0.3 is 0 Å². The van der Waals surface area contributed by atoms with Crippen LogP contribution in [0, 0.1) is 4.77 Å². The predicted octanol–water partition coefficient (Wildman–Crippen LogP) is 2.07. The molecule has 3 heterocycles. The van der Waals surface area contributed by atoms with Gasteiger partial charge in [0.1, 0.15) is 0 Å². The molecule has 0 amide bonds. The highest BCUT2D eigenvalue weighted by molar-refractivity contribution is 7.71. The lowest BCUT2D eigenvalue weighted by atomic mass is 10.2. The number of pyridine rings is 1. The second kappa shape index (κ2) is 5.22. The first-order valence-electron chi connectivity index (χ1n) is 6.52. The summed E-state index contributed by atoms with van der Waals surface area (Å²) in [6.45, 7) is 3.07. The maximum atomic E-state index is 5.47. The van der Waals surface area contributed by atoms with Crippen molar-refractivity contribution >= 4 is 12.2 Å². The molecule has 1 aliphatic heterocycles. The molecule has 19 heavy (non-hydrogen) atoms. The van der Waals surface area contributed by atoms with Gasteiger partial charge in [-0.05, 0) is 50.3 Å². The van der Waals surface area contributed by atoms with Crippen LogP contribution < -0.4 is 0 Å². The van der Waals surface area contributed by atoms with E-state index < -0.39 is 0 Å². The van der Waals surface area contributed by atoms with Gasteiger partial charge in [-0.15, -0.1) is 0 Å². The van der Waals surface area contributed by atoms with Crippen molar-refractivity contribution in [2.45, 2.75) is 19.5 Å². The second-order valence-corrected chi connectivity index (χ2v) is 5.23. The van der Waals surface area contributed by atoms with Gasteiger partial charge < -0.3 is 4.57 Å². The molecule has 0 radical (unpaired) electrons. The van der Waals surface area contributed by atoms with E-state index >= 15 is 0 Å². The molecule has 6 heteroatoms. The summed E-state index contributed by atoms with van der Waals surface area (Å²) in [5, 5.41) is 4.65. The first-order valence-corrected chi connectivity index (χ1v) is 6.93. The lowest BCUT2D eigenvalue weighted by Crippen LogP contribution is -2.23. The van der Waals surface area contributed by atoms with Crippen molar-refractivity contribution in [2.24, 2.45) is 7.05 Å². The molecule has 0 N–H and O–H groups in total. The first kappa shape index (κ1) is 12.5. The maximum absolute atomic E-state index is 5.47. The van der Waals surface area contributed by atoms with Gasteiger partial charge in [0.25, 0.3) is 0 Å². The molecule has 0 unspecified atom stereocenters. The van der Waals surface area contributed by atoms with Crippen molar-refractivity contribution < 1.29 is 0 Å². The summed E-state index contributed by atoms with van der Waals surface area (Å²) < 4.78 is 4.63. The Kier molecular flexibility index (Phi) is 3.44. The van der Waals surface area contributed by atoms with Crippen LogP contribution in [0.1, 0.15) is 12.8 Å². The molecular weight excluding hydrogens is 258 g/mol. The highest BCUT2D eigenvalue weighted by Crippen LogP contribution is 2.17. The van der Waals surface area contributed by atoms with E-state index in [0.717, 1.165) is 35.9 Å². The van der Waals surface area contributed by atoms with E-state index in [1.165, 1.54) is 12.8 Å². The third-order valence-corrected chi connectivity index (χ3v) is 4.00. The van der Waals surface area contributed by atoms with Crippen LogP contribution in [-0.2, 0) is 13.7 Å². The Labute approximate surface area is 117 Å². The molecule has 100 valence electrons. The molecule has 5 nitrogen and oxygen atoms in total. The Morgan fingerprint density at radius 3 is 2.58 bits per heavy atom. The molecule has 0 bridgehead atoms. The quantitative estimate of drug-likeness (QED) is 0.804. The smallest absolute Gasteiger partial charge is 0.199 e. The van der Waals surface area contributed by atoms with E-state index in [4.69, 9.17) is 12.2 Å². The molecule has 0 saturated carbocycles. The van der Waals surface area contributed by atoms with Gasteiger partial charge in [0.05, 0.1) is 6.67 Å². The number of nitrogens with zero attached hydrogens (tertiary/aromatic N) is 5. The van der Waals surface area contributed by atoms with Gasteiger partial charge in [-0.3, -0.25) is 9.88 Å². The zero-order chi connectivity index (χ0) is 13.2. The van der Waals surface area contributed by atoms with Gasteiger partial charge in [0, 0.05) is 25.0 Å². The fraction of sp³-hybridized carbons (Fsp3) is 0.462. The molecule has 2 aromatic heterocycles. The molecule has 1 fully saturated rings. The van der Waals surface area contributed by atoms with Crippen molar-refractivity contribution in [3.63, 3.8) is 0 Å². The number of rotatable bonds is 3. The van der Waals surface area contributed by atoms with Crippen LogP contribution in [0.3, 0.4) is 0 Å². The van der Waals surface area contributed by atoms with Crippen LogP contribution >= 0.6 is 12.2 Å². The molecule has 0 aromatic carbocycles. The van der Waals surface area contributed by atoms with Gasteiger partial charge in [-0.2, -0.15) is 5.10 Å². The highest BCUT2D eigenvalue weighted by atomic mass is 32.1. The fourth-order valence-electron chi connectivity index (χ4n) is 2.45. The van der Waals surface area contributed by atoms with Gasteiger partial charge in [0.2, 0.25) is 0 Å². The Morgan fingerprint density at radius 2 is 1.89 bits per heavy atom. The minimum Gasteiger partial charge on any atom is -0.303 e. The average Bonchev–Trinajstić information content (AvgIpc) is 3.04. The Bertz CT molecular complexity index is 610. The number of aromatic nitrogens is 4. The molecule has 0 aliphatic carbocycles. The minimum atomic E-state index is 0.763.